The van der Waals surface area contributed by atoms with Gasteiger partial charge in [0.15, 0.2) is 0 Å². The molecule has 2 aromatic rings. The minimum atomic E-state index is -0.690. The van der Waals surface area contributed by atoms with Gasteiger partial charge in [-0.1, -0.05) is 60.7 Å². The zero-order valence-corrected chi connectivity index (χ0v) is 14.5. The van der Waals surface area contributed by atoms with Crippen LogP contribution in [0.25, 0.3) is 0 Å². The van der Waals surface area contributed by atoms with Crippen LogP contribution in [0.15, 0.2) is 60.7 Å². The summed E-state index contributed by atoms with van der Waals surface area (Å²) in [4.78, 5) is 39.4. The number of rotatable bonds is 4. The summed E-state index contributed by atoms with van der Waals surface area (Å²) in [6.45, 7) is 0.479. The maximum atomic E-state index is 12.8. The molecule has 0 aliphatic carbocycles. The fourth-order valence-corrected chi connectivity index (χ4v) is 3.10. The molecule has 2 saturated heterocycles. The summed E-state index contributed by atoms with van der Waals surface area (Å²) in [6, 6.07) is 17.3. The van der Waals surface area contributed by atoms with Gasteiger partial charge < -0.3 is 9.47 Å². The summed E-state index contributed by atoms with van der Waals surface area (Å²) in [5.41, 5.74) is 1.68. The third kappa shape index (κ3) is 3.48. The van der Waals surface area contributed by atoms with E-state index in [0.717, 1.165) is 16.0 Å². The average Bonchev–Trinajstić information content (AvgIpc) is 3.42. The molecule has 138 valence electrons. The minimum Gasteiger partial charge on any atom is -0.446 e. The smallest absolute Gasteiger partial charge is 0.417 e. The van der Waals surface area contributed by atoms with Gasteiger partial charge in [-0.2, -0.15) is 0 Å². The molecule has 27 heavy (non-hydrogen) atoms. The van der Waals surface area contributed by atoms with Crippen molar-refractivity contribution in [1.29, 1.82) is 0 Å². The highest BCUT2D eigenvalue weighted by Gasteiger charge is 2.52. The van der Waals surface area contributed by atoms with Crippen molar-refractivity contribution in [2.24, 2.45) is 0 Å². The number of carbonyl (C=O) groups excluding carboxylic acids is 3. The van der Waals surface area contributed by atoms with Gasteiger partial charge in [0.05, 0.1) is 6.54 Å². The lowest BCUT2D eigenvalue weighted by Crippen LogP contribution is -2.39. The quantitative estimate of drug-likeness (QED) is 0.778. The normalized spacial score (nSPS) is 21.0. The lowest BCUT2D eigenvalue weighted by Gasteiger charge is -2.19. The Morgan fingerprint density at radius 1 is 1.04 bits per heavy atom. The Bertz CT molecular complexity index is 855. The molecule has 0 N–H and O–H groups in total. The van der Waals surface area contributed by atoms with Crippen molar-refractivity contribution in [3.05, 3.63) is 71.8 Å². The minimum absolute atomic E-state index is 0.111. The molecule has 7 nitrogen and oxygen atoms in total. The Labute approximate surface area is 156 Å². The van der Waals surface area contributed by atoms with E-state index in [1.165, 1.54) is 4.90 Å². The molecule has 0 aromatic heterocycles. The van der Waals surface area contributed by atoms with Crippen molar-refractivity contribution >= 4 is 18.1 Å². The Morgan fingerprint density at radius 3 is 2.41 bits per heavy atom. The second-order valence-corrected chi connectivity index (χ2v) is 6.42. The molecule has 0 unspecified atom stereocenters. The number of nitrogens with zero attached hydrogens (tertiary/aromatic N) is 2. The third-order valence-electron chi connectivity index (χ3n) is 4.63. The van der Waals surface area contributed by atoms with Gasteiger partial charge in [-0.15, -0.1) is 0 Å². The molecule has 0 radical (unpaired) electrons. The van der Waals surface area contributed by atoms with E-state index in [1.54, 1.807) is 0 Å². The zero-order chi connectivity index (χ0) is 18.8. The Hall–Kier alpha value is -3.35. The number of carbonyl (C=O) groups is 3. The van der Waals surface area contributed by atoms with E-state index in [0.29, 0.717) is 0 Å². The van der Waals surface area contributed by atoms with E-state index in [1.807, 2.05) is 60.7 Å². The highest BCUT2D eigenvalue weighted by atomic mass is 16.6. The molecule has 4 rings (SSSR count). The SMILES string of the molecule is O=C(OCc1ccccc1)N1C[C@@H]1C(=O)N1C(=O)OC[C@H]1c1ccccc1. The van der Waals surface area contributed by atoms with Crippen LogP contribution in [0.2, 0.25) is 0 Å². The first-order valence-corrected chi connectivity index (χ1v) is 8.67. The maximum absolute atomic E-state index is 12.8. The Kier molecular flexibility index (Phi) is 4.50. The zero-order valence-electron chi connectivity index (χ0n) is 14.5. The Balaban J connectivity index is 1.38. The monoisotopic (exact) mass is 366 g/mol. The van der Waals surface area contributed by atoms with Crippen LogP contribution in [0.4, 0.5) is 9.59 Å². The first-order valence-electron chi connectivity index (χ1n) is 8.67. The third-order valence-corrected chi connectivity index (χ3v) is 4.63. The van der Waals surface area contributed by atoms with Gasteiger partial charge in [0.1, 0.15) is 25.3 Å². The summed E-state index contributed by atoms with van der Waals surface area (Å²) in [5.74, 6) is -0.442. The van der Waals surface area contributed by atoms with Gasteiger partial charge in [-0.25, -0.2) is 14.5 Å². The Morgan fingerprint density at radius 2 is 1.70 bits per heavy atom. The molecule has 2 heterocycles. The van der Waals surface area contributed by atoms with Crippen LogP contribution in [0.5, 0.6) is 0 Å². The summed E-state index contributed by atoms with van der Waals surface area (Å²) < 4.78 is 10.3. The molecular formula is C20H18N2O5. The molecule has 2 aromatic carbocycles. The van der Waals surface area contributed by atoms with Crippen LogP contribution in [-0.2, 0) is 20.9 Å². The highest BCUT2D eigenvalue weighted by molar-refractivity contribution is 6.00. The predicted octanol–water partition coefficient (Wildman–Crippen LogP) is 2.73. The van der Waals surface area contributed by atoms with Crippen LogP contribution >= 0.6 is 0 Å². The lowest BCUT2D eigenvalue weighted by atomic mass is 10.1. The first kappa shape index (κ1) is 17.1. The maximum Gasteiger partial charge on any atom is 0.417 e. The van der Waals surface area contributed by atoms with E-state index >= 15 is 0 Å². The number of imide groups is 1. The van der Waals surface area contributed by atoms with Crippen LogP contribution in [0.3, 0.4) is 0 Å². The molecule has 2 aliphatic rings. The molecule has 3 amide bonds. The van der Waals surface area contributed by atoms with Gasteiger partial charge >= 0.3 is 12.2 Å². The summed E-state index contributed by atoms with van der Waals surface area (Å²) in [5, 5.41) is 0. The topological polar surface area (TPSA) is 75.9 Å². The van der Waals surface area contributed by atoms with Gasteiger partial charge in [0, 0.05) is 0 Å². The number of ether oxygens (including phenoxy) is 2. The predicted molar refractivity (Wildman–Crippen MR) is 94.5 cm³/mol. The summed E-state index contributed by atoms with van der Waals surface area (Å²) >= 11 is 0. The van der Waals surface area contributed by atoms with E-state index in [9.17, 15) is 14.4 Å². The number of amides is 3. The van der Waals surface area contributed by atoms with Crippen molar-refractivity contribution in [2.45, 2.75) is 18.7 Å². The van der Waals surface area contributed by atoms with Gasteiger partial charge in [-0.05, 0) is 11.1 Å². The second kappa shape index (κ2) is 7.11. The molecule has 0 saturated carbocycles. The number of cyclic esters (lactones) is 1. The number of hydrogen-bond donors (Lipinski definition) is 0. The van der Waals surface area contributed by atoms with Crippen LogP contribution in [0, 0.1) is 0 Å². The largest absolute Gasteiger partial charge is 0.446 e. The van der Waals surface area contributed by atoms with Gasteiger partial charge in [-0.3, -0.25) is 9.69 Å². The van der Waals surface area contributed by atoms with Crippen molar-refractivity contribution in [3.8, 4) is 0 Å². The van der Waals surface area contributed by atoms with E-state index in [4.69, 9.17) is 9.47 Å². The first-order chi connectivity index (χ1) is 13.1. The van der Waals surface area contributed by atoms with Crippen molar-refractivity contribution in [1.82, 2.24) is 9.80 Å². The second-order valence-electron chi connectivity index (χ2n) is 6.42. The molecule has 0 spiro atoms. The fraction of sp³-hybridized carbons (Fsp3) is 0.250. The molecule has 7 heteroatoms. The number of benzene rings is 2. The van der Waals surface area contributed by atoms with Crippen molar-refractivity contribution in [2.75, 3.05) is 13.2 Å². The van der Waals surface area contributed by atoms with Crippen LogP contribution < -0.4 is 0 Å². The lowest BCUT2D eigenvalue weighted by molar-refractivity contribution is -0.129. The summed E-state index contributed by atoms with van der Waals surface area (Å²) in [6.07, 6.45) is -1.25. The van der Waals surface area contributed by atoms with E-state index in [2.05, 4.69) is 0 Å². The molecule has 0 bridgehead atoms. The molecule has 2 fully saturated rings. The standard InChI is InChI=1S/C20H18N2O5/c23-18(22-17(13-27-20(22)25)15-9-5-2-6-10-15)16-11-21(16)19(24)26-12-14-7-3-1-4-8-14/h1-10,16-17H,11-13H2/t16-,17+,21?/m1/s1. The van der Waals surface area contributed by atoms with E-state index in [-0.39, 0.29) is 19.8 Å². The average molecular weight is 366 g/mol. The van der Waals surface area contributed by atoms with Gasteiger partial charge in [0.25, 0.3) is 5.91 Å². The molecule has 2 atom stereocenters. The van der Waals surface area contributed by atoms with E-state index < -0.39 is 30.2 Å². The number of hydrogen-bond acceptors (Lipinski definition) is 5. The van der Waals surface area contributed by atoms with Crippen LogP contribution in [0.1, 0.15) is 17.2 Å². The highest BCUT2D eigenvalue weighted by Crippen LogP contribution is 2.32. The van der Waals surface area contributed by atoms with Crippen LogP contribution in [-0.4, -0.2) is 47.1 Å². The van der Waals surface area contributed by atoms with Gasteiger partial charge in [0.2, 0.25) is 0 Å². The van der Waals surface area contributed by atoms with Crippen molar-refractivity contribution in [3.63, 3.8) is 0 Å². The molecular weight excluding hydrogens is 348 g/mol. The summed E-state index contributed by atoms with van der Waals surface area (Å²) in [7, 11) is 0. The molecule has 2 aliphatic heterocycles. The fourth-order valence-electron chi connectivity index (χ4n) is 3.10. The van der Waals surface area contributed by atoms with Crippen molar-refractivity contribution < 1.29 is 23.9 Å².